The number of phenols is 1. The van der Waals surface area contributed by atoms with Crippen molar-refractivity contribution in [3.63, 3.8) is 0 Å². The van der Waals surface area contributed by atoms with E-state index in [4.69, 9.17) is 4.74 Å². The molecule has 1 aromatic rings. The first-order chi connectivity index (χ1) is 8.74. The van der Waals surface area contributed by atoms with Crippen molar-refractivity contribution in [2.24, 2.45) is 5.92 Å². The molecule has 3 heteroatoms. The molecule has 1 N–H and O–H groups in total. The van der Waals surface area contributed by atoms with E-state index in [1.807, 2.05) is 0 Å². The van der Waals surface area contributed by atoms with Crippen LogP contribution in [0.3, 0.4) is 0 Å². The Morgan fingerprint density at radius 3 is 2.56 bits per heavy atom. The van der Waals surface area contributed by atoms with Gasteiger partial charge in [0.2, 0.25) is 0 Å². The number of esters is 1. The molecule has 3 aliphatic rings. The number of fused-ring (bicyclic) bond motifs is 5. The van der Waals surface area contributed by atoms with Crippen LogP contribution >= 0.6 is 0 Å². The van der Waals surface area contributed by atoms with Crippen molar-refractivity contribution in [3.05, 3.63) is 23.3 Å². The third-order valence-electron chi connectivity index (χ3n) is 4.59. The number of ether oxygens (including phenoxy) is 1. The smallest absolute Gasteiger partial charge is 0.314 e. The normalized spacial score (nSPS) is 28.2. The van der Waals surface area contributed by atoms with Crippen LogP contribution in [-0.4, -0.2) is 11.1 Å². The molecule has 0 unspecified atom stereocenters. The van der Waals surface area contributed by atoms with Crippen molar-refractivity contribution in [1.29, 1.82) is 0 Å². The highest BCUT2D eigenvalue weighted by molar-refractivity contribution is 5.78. The zero-order valence-corrected chi connectivity index (χ0v) is 10.2. The number of carbonyl (C=O) groups excluding carboxylic acids is 1. The van der Waals surface area contributed by atoms with E-state index < -0.39 is 0 Å². The number of rotatable bonds is 2. The second kappa shape index (κ2) is 3.50. The number of aromatic hydroxyl groups is 1. The van der Waals surface area contributed by atoms with Crippen LogP contribution in [0.25, 0.3) is 0 Å². The van der Waals surface area contributed by atoms with Gasteiger partial charge in [0.25, 0.3) is 0 Å². The summed E-state index contributed by atoms with van der Waals surface area (Å²) in [5.41, 5.74) is 2.16. The van der Waals surface area contributed by atoms with Gasteiger partial charge in [0.1, 0.15) is 11.5 Å². The van der Waals surface area contributed by atoms with Crippen molar-refractivity contribution < 1.29 is 14.6 Å². The topological polar surface area (TPSA) is 46.5 Å². The van der Waals surface area contributed by atoms with Crippen LogP contribution in [0.1, 0.15) is 55.1 Å². The fourth-order valence-corrected chi connectivity index (χ4v) is 3.56. The van der Waals surface area contributed by atoms with E-state index in [0.717, 1.165) is 43.2 Å². The average Bonchev–Trinajstić information content (AvgIpc) is 3.02. The third kappa shape index (κ3) is 1.39. The second-order valence-corrected chi connectivity index (χ2v) is 5.81. The van der Waals surface area contributed by atoms with Crippen molar-refractivity contribution >= 4 is 5.97 Å². The molecule has 0 saturated heterocycles. The third-order valence-corrected chi connectivity index (χ3v) is 4.59. The molecule has 0 radical (unpaired) electrons. The van der Waals surface area contributed by atoms with Gasteiger partial charge in [0.15, 0.2) is 0 Å². The molecule has 94 valence electrons. The molecule has 0 aromatic heterocycles. The van der Waals surface area contributed by atoms with E-state index in [1.54, 1.807) is 12.1 Å². The first-order valence-corrected chi connectivity index (χ1v) is 6.81. The molecule has 3 nitrogen and oxygen atoms in total. The van der Waals surface area contributed by atoms with E-state index >= 15 is 0 Å². The quantitative estimate of drug-likeness (QED) is 0.642. The lowest BCUT2D eigenvalue weighted by atomic mass is 9.90. The van der Waals surface area contributed by atoms with Crippen molar-refractivity contribution in [2.75, 3.05) is 0 Å². The van der Waals surface area contributed by atoms with Gasteiger partial charge in [-0.3, -0.25) is 4.79 Å². The molecular formula is C15H16O3. The Bertz CT molecular complexity index is 531. The minimum absolute atomic E-state index is 0.0920. The van der Waals surface area contributed by atoms with E-state index in [0.29, 0.717) is 23.3 Å². The minimum atomic E-state index is -0.0920. The van der Waals surface area contributed by atoms with Crippen molar-refractivity contribution in [2.45, 2.75) is 43.9 Å². The van der Waals surface area contributed by atoms with Crippen LogP contribution in [-0.2, 0) is 4.79 Å². The van der Waals surface area contributed by atoms with Crippen LogP contribution in [0, 0.1) is 5.92 Å². The van der Waals surface area contributed by atoms with Gasteiger partial charge in [-0.1, -0.05) is 0 Å². The van der Waals surface area contributed by atoms with Gasteiger partial charge in [-0.25, -0.2) is 0 Å². The highest BCUT2D eigenvalue weighted by Crippen LogP contribution is 2.58. The maximum atomic E-state index is 11.8. The lowest BCUT2D eigenvalue weighted by Gasteiger charge is -2.19. The van der Waals surface area contributed by atoms with Gasteiger partial charge in [-0.15, -0.1) is 0 Å². The summed E-state index contributed by atoms with van der Waals surface area (Å²) in [5, 5.41) is 9.99. The molecule has 2 saturated carbocycles. The van der Waals surface area contributed by atoms with E-state index in [1.165, 1.54) is 0 Å². The van der Waals surface area contributed by atoms with Gasteiger partial charge >= 0.3 is 5.97 Å². The summed E-state index contributed by atoms with van der Waals surface area (Å²) in [7, 11) is 0. The molecule has 4 rings (SSSR count). The summed E-state index contributed by atoms with van der Waals surface area (Å²) in [6.07, 6.45) is 5.36. The zero-order valence-electron chi connectivity index (χ0n) is 10.2. The fourth-order valence-electron chi connectivity index (χ4n) is 3.56. The summed E-state index contributed by atoms with van der Waals surface area (Å²) in [4.78, 5) is 11.8. The van der Waals surface area contributed by atoms with Gasteiger partial charge in [0.05, 0.1) is 5.92 Å². The Hall–Kier alpha value is -1.51. The molecule has 18 heavy (non-hydrogen) atoms. The predicted octanol–water partition coefficient (Wildman–Crippen LogP) is 3.07. The molecule has 0 heterocycles. The second-order valence-electron chi connectivity index (χ2n) is 5.81. The largest absolute Gasteiger partial charge is 0.508 e. The molecule has 1 aromatic carbocycles. The zero-order chi connectivity index (χ0) is 12.3. The molecule has 0 spiro atoms. The molecule has 2 fully saturated rings. The van der Waals surface area contributed by atoms with Gasteiger partial charge in [-0.2, -0.15) is 0 Å². The summed E-state index contributed by atoms with van der Waals surface area (Å²) in [5.74, 6) is 2.07. The monoisotopic (exact) mass is 244 g/mol. The number of hydrogen-bond donors (Lipinski definition) is 1. The Kier molecular flexibility index (Phi) is 2.02. The van der Waals surface area contributed by atoms with Gasteiger partial charge < -0.3 is 9.84 Å². The standard InChI is InChI=1S/C15H16O3/c16-11-5-6-12(18-15(17)8-1-2-8)14-10-4-3-9(7-10)13(11)14/h5-6,8-10,16H,1-4,7H2/t9-,10+/m0/s1. The maximum absolute atomic E-state index is 11.8. The van der Waals surface area contributed by atoms with Gasteiger partial charge in [-0.05, 0) is 56.1 Å². The van der Waals surface area contributed by atoms with Crippen molar-refractivity contribution in [3.8, 4) is 11.5 Å². The lowest BCUT2D eigenvalue weighted by molar-refractivity contribution is -0.135. The molecular weight excluding hydrogens is 228 g/mol. The van der Waals surface area contributed by atoms with Crippen LogP contribution < -0.4 is 4.74 Å². The lowest BCUT2D eigenvalue weighted by Crippen LogP contribution is -2.12. The Morgan fingerprint density at radius 1 is 1.11 bits per heavy atom. The van der Waals surface area contributed by atoms with Crippen LogP contribution in [0.4, 0.5) is 0 Å². The van der Waals surface area contributed by atoms with E-state index in [-0.39, 0.29) is 11.9 Å². The Morgan fingerprint density at radius 2 is 1.83 bits per heavy atom. The Labute approximate surface area is 106 Å². The van der Waals surface area contributed by atoms with Gasteiger partial charge in [0, 0.05) is 11.1 Å². The minimum Gasteiger partial charge on any atom is -0.508 e. The summed E-state index contributed by atoms with van der Waals surface area (Å²) in [6, 6.07) is 3.43. The van der Waals surface area contributed by atoms with E-state index in [2.05, 4.69) is 0 Å². The fraction of sp³-hybridized carbons (Fsp3) is 0.533. The number of carbonyl (C=O) groups is 1. The molecule has 2 bridgehead atoms. The highest BCUT2D eigenvalue weighted by atomic mass is 16.5. The first-order valence-electron chi connectivity index (χ1n) is 6.81. The molecule has 3 aliphatic carbocycles. The number of hydrogen-bond acceptors (Lipinski definition) is 3. The van der Waals surface area contributed by atoms with Crippen molar-refractivity contribution in [1.82, 2.24) is 0 Å². The van der Waals surface area contributed by atoms with Crippen LogP contribution in [0.2, 0.25) is 0 Å². The number of benzene rings is 1. The Balaban J connectivity index is 1.74. The summed E-state index contributed by atoms with van der Waals surface area (Å²) < 4.78 is 5.54. The molecule has 0 aliphatic heterocycles. The highest BCUT2D eigenvalue weighted by Gasteiger charge is 2.42. The van der Waals surface area contributed by atoms with E-state index in [9.17, 15) is 9.90 Å². The summed E-state index contributed by atoms with van der Waals surface area (Å²) >= 11 is 0. The predicted molar refractivity (Wildman–Crippen MR) is 65.8 cm³/mol. The average molecular weight is 244 g/mol. The van der Waals surface area contributed by atoms with Crippen LogP contribution in [0.5, 0.6) is 11.5 Å². The first kappa shape index (κ1) is 10.4. The molecule has 0 amide bonds. The summed E-state index contributed by atoms with van der Waals surface area (Å²) in [6.45, 7) is 0. The number of phenolic OH excluding ortho intramolecular Hbond substituents is 1. The SMILES string of the molecule is O=C(Oc1ccc(O)c2c1[C@@H]1CC[C@H]2C1)C1CC1. The molecule has 2 atom stereocenters. The van der Waals surface area contributed by atoms with Crippen LogP contribution in [0.15, 0.2) is 12.1 Å². The maximum Gasteiger partial charge on any atom is 0.314 e.